The molecule has 3 aromatic rings. The van der Waals surface area contributed by atoms with Gasteiger partial charge in [-0.1, -0.05) is 12.1 Å². The minimum Gasteiger partial charge on any atom is -0.319 e. The zero-order valence-electron chi connectivity index (χ0n) is 16.9. The number of amides is 1. The molecule has 31 heavy (non-hydrogen) atoms. The molecule has 162 valence electrons. The Bertz CT molecular complexity index is 1170. The Morgan fingerprint density at radius 3 is 2.48 bits per heavy atom. The quantitative estimate of drug-likeness (QED) is 0.452. The fourth-order valence-corrected chi connectivity index (χ4v) is 3.24. The summed E-state index contributed by atoms with van der Waals surface area (Å²) >= 11 is 0. The van der Waals surface area contributed by atoms with Gasteiger partial charge in [0.2, 0.25) is 0 Å². The van der Waals surface area contributed by atoms with E-state index in [2.05, 4.69) is 10.4 Å². The van der Waals surface area contributed by atoms with Crippen molar-refractivity contribution < 1.29 is 22.9 Å². The number of anilines is 1. The first kappa shape index (κ1) is 22.0. The SMILES string of the molecule is Cc1cc(C(=O)Nc2c(C)nn(Cc3cccc(C(F)(F)F)c3)c2C)ccc1[N+](=O)[O-]. The molecule has 7 nitrogen and oxygen atoms in total. The number of nitro benzene ring substituents is 1. The number of carbonyl (C=O) groups is 1. The lowest BCUT2D eigenvalue weighted by Gasteiger charge is -2.10. The molecule has 0 atom stereocenters. The van der Waals surface area contributed by atoms with Crippen LogP contribution in [0.15, 0.2) is 42.5 Å². The van der Waals surface area contributed by atoms with Gasteiger partial charge in [0.15, 0.2) is 0 Å². The van der Waals surface area contributed by atoms with E-state index in [9.17, 15) is 28.1 Å². The number of hydrogen-bond donors (Lipinski definition) is 1. The van der Waals surface area contributed by atoms with Gasteiger partial charge in [0, 0.05) is 17.2 Å². The molecular weight excluding hydrogens is 413 g/mol. The number of nitrogens with one attached hydrogen (secondary N) is 1. The van der Waals surface area contributed by atoms with Gasteiger partial charge >= 0.3 is 6.18 Å². The molecule has 2 aromatic carbocycles. The van der Waals surface area contributed by atoms with E-state index < -0.39 is 22.6 Å². The van der Waals surface area contributed by atoms with Gasteiger partial charge in [0.1, 0.15) is 0 Å². The first-order valence-corrected chi connectivity index (χ1v) is 9.24. The Morgan fingerprint density at radius 2 is 1.87 bits per heavy atom. The number of hydrogen-bond acceptors (Lipinski definition) is 4. The average Bonchev–Trinajstić information content (AvgIpc) is 2.94. The van der Waals surface area contributed by atoms with E-state index in [0.29, 0.717) is 28.2 Å². The molecule has 0 saturated heterocycles. The number of nitro groups is 1. The zero-order chi connectivity index (χ0) is 22.9. The van der Waals surface area contributed by atoms with Crippen LogP contribution in [-0.2, 0) is 12.7 Å². The molecule has 1 amide bonds. The monoisotopic (exact) mass is 432 g/mol. The Labute approximate surface area is 175 Å². The lowest BCUT2D eigenvalue weighted by atomic mass is 10.1. The predicted molar refractivity (Wildman–Crippen MR) is 108 cm³/mol. The van der Waals surface area contributed by atoms with Gasteiger partial charge < -0.3 is 5.32 Å². The highest BCUT2D eigenvalue weighted by Crippen LogP contribution is 2.30. The van der Waals surface area contributed by atoms with Crippen molar-refractivity contribution in [3.63, 3.8) is 0 Å². The van der Waals surface area contributed by atoms with Crippen molar-refractivity contribution in [1.29, 1.82) is 0 Å². The maximum atomic E-state index is 12.9. The third-order valence-electron chi connectivity index (χ3n) is 4.86. The van der Waals surface area contributed by atoms with Gasteiger partial charge in [-0.05, 0) is 50.6 Å². The first-order valence-electron chi connectivity index (χ1n) is 9.24. The number of carbonyl (C=O) groups excluding carboxylic acids is 1. The van der Waals surface area contributed by atoms with Crippen LogP contribution in [-0.4, -0.2) is 20.6 Å². The minimum atomic E-state index is -4.44. The number of nitrogens with zero attached hydrogens (tertiary/aromatic N) is 3. The summed E-state index contributed by atoms with van der Waals surface area (Å²) in [6.07, 6.45) is -4.44. The van der Waals surface area contributed by atoms with Crippen molar-refractivity contribution in [2.45, 2.75) is 33.5 Å². The summed E-state index contributed by atoms with van der Waals surface area (Å²) in [6.45, 7) is 5.01. The van der Waals surface area contributed by atoms with Gasteiger partial charge in [0.05, 0.1) is 34.1 Å². The Hall–Kier alpha value is -3.69. The lowest BCUT2D eigenvalue weighted by Crippen LogP contribution is -2.14. The summed E-state index contributed by atoms with van der Waals surface area (Å²) in [6, 6.07) is 9.02. The minimum absolute atomic E-state index is 0.0854. The Kier molecular flexibility index (Phi) is 5.83. The van der Waals surface area contributed by atoms with Crippen LogP contribution < -0.4 is 5.32 Å². The maximum absolute atomic E-state index is 12.9. The van der Waals surface area contributed by atoms with Crippen molar-refractivity contribution in [2.75, 3.05) is 5.32 Å². The molecule has 0 unspecified atom stereocenters. The van der Waals surface area contributed by atoms with Gasteiger partial charge in [-0.3, -0.25) is 19.6 Å². The number of rotatable bonds is 5. The number of benzene rings is 2. The highest BCUT2D eigenvalue weighted by Gasteiger charge is 2.30. The molecule has 10 heteroatoms. The molecule has 0 fully saturated rings. The largest absolute Gasteiger partial charge is 0.416 e. The van der Waals surface area contributed by atoms with Crippen LogP contribution in [0.25, 0.3) is 0 Å². The predicted octanol–water partition coefficient (Wildman–Crippen LogP) is 5.04. The van der Waals surface area contributed by atoms with Crippen molar-refractivity contribution in [2.24, 2.45) is 0 Å². The number of halogens is 3. The van der Waals surface area contributed by atoms with Crippen LogP contribution in [0.2, 0.25) is 0 Å². The normalized spacial score (nSPS) is 11.4. The third-order valence-corrected chi connectivity index (χ3v) is 4.86. The van der Waals surface area contributed by atoms with E-state index in [4.69, 9.17) is 0 Å². The number of alkyl halides is 3. The van der Waals surface area contributed by atoms with Crippen LogP contribution in [0.5, 0.6) is 0 Å². The van der Waals surface area contributed by atoms with Crippen molar-refractivity contribution in [3.8, 4) is 0 Å². The van der Waals surface area contributed by atoms with Crippen LogP contribution in [0, 0.1) is 30.9 Å². The van der Waals surface area contributed by atoms with Gasteiger partial charge in [-0.15, -0.1) is 0 Å². The van der Waals surface area contributed by atoms with Crippen molar-refractivity contribution in [1.82, 2.24) is 9.78 Å². The summed E-state index contributed by atoms with van der Waals surface area (Å²) in [7, 11) is 0. The second-order valence-electron chi connectivity index (χ2n) is 7.11. The van der Waals surface area contributed by atoms with Crippen LogP contribution in [0.4, 0.5) is 24.5 Å². The van der Waals surface area contributed by atoms with Gasteiger partial charge in [0.25, 0.3) is 11.6 Å². The van der Waals surface area contributed by atoms with Crippen LogP contribution in [0.3, 0.4) is 0 Å². The molecule has 1 heterocycles. The highest BCUT2D eigenvalue weighted by molar-refractivity contribution is 6.05. The summed E-state index contributed by atoms with van der Waals surface area (Å²) in [5.74, 6) is -0.470. The third kappa shape index (κ3) is 4.73. The summed E-state index contributed by atoms with van der Waals surface area (Å²) in [5, 5.41) is 18.0. The number of aryl methyl sites for hydroxylation is 2. The molecule has 0 aliphatic carbocycles. The van der Waals surface area contributed by atoms with Gasteiger partial charge in [-0.25, -0.2) is 0 Å². The molecule has 1 aromatic heterocycles. The van der Waals surface area contributed by atoms with Crippen molar-refractivity contribution >= 4 is 17.3 Å². The number of aromatic nitrogens is 2. The highest BCUT2D eigenvalue weighted by atomic mass is 19.4. The van der Waals surface area contributed by atoms with Crippen LogP contribution in [0.1, 0.15) is 38.4 Å². The second-order valence-corrected chi connectivity index (χ2v) is 7.11. The fourth-order valence-electron chi connectivity index (χ4n) is 3.24. The van der Waals surface area contributed by atoms with Gasteiger partial charge in [-0.2, -0.15) is 18.3 Å². The molecule has 0 bridgehead atoms. The molecule has 0 radical (unpaired) electrons. The van der Waals surface area contributed by atoms with E-state index in [1.807, 2.05) is 0 Å². The lowest BCUT2D eigenvalue weighted by molar-refractivity contribution is -0.385. The first-order chi connectivity index (χ1) is 14.5. The van der Waals surface area contributed by atoms with E-state index in [-0.39, 0.29) is 17.8 Å². The topological polar surface area (TPSA) is 90.1 Å². The fraction of sp³-hybridized carbons (Fsp3) is 0.238. The zero-order valence-corrected chi connectivity index (χ0v) is 16.9. The Balaban J connectivity index is 1.83. The van der Waals surface area contributed by atoms with E-state index >= 15 is 0 Å². The van der Waals surface area contributed by atoms with E-state index in [0.717, 1.165) is 12.1 Å². The average molecular weight is 432 g/mol. The summed E-state index contributed by atoms with van der Waals surface area (Å²) in [5.41, 5.74) is 1.70. The molecule has 1 N–H and O–H groups in total. The molecule has 0 aliphatic heterocycles. The Morgan fingerprint density at radius 1 is 1.16 bits per heavy atom. The van der Waals surface area contributed by atoms with E-state index in [1.165, 1.54) is 28.9 Å². The standard InChI is InChI=1S/C21H19F3N4O3/c1-12-9-16(7-8-18(12)28(30)31)20(29)25-19-13(2)26-27(14(19)3)11-15-5-4-6-17(10-15)21(22,23)24/h4-10H,11H2,1-3H3,(H,25,29). The van der Waals surface area contributed by atoms with Crippen LogP contribution >= 0.6 is 0 Å². The second kappa shape index (κ2) is 8.21. The van der Waals surface area contributed by atoms with Crippen molar-refractivity contribution in [3.05, 3.63) is 86.2 Å². The summed E-state index contributed by atoms with van der Waals surface area (Å²) in [4.78, 5) is 23.1. The molecular formula is C21H19F3N4O3. The smallest absolute Gasteiger partial charge is 0.319 e. The maximum Gasteiger partial charge on any atom is 0.416 e. The molecule has 0 spiro atoms. The summed E-state index contributed by atoms with van der Waals surface area (Å²) < 4.78 is 40.4. The van der Waals surface area contributed by atoms with E-state index in [1.54, 1.807) is 26.8 Å². The molecule has 3 rings (SSSR count). The molecule has 0 saturated carbocycles. The molecule has 0 aliphatic rings.